The first-order valence-electron chi connectivity index (χ1n) is 9.40. The summed E-state index contributed by atoms with van der Waals surface area (Å²) in [5.41, 5.74) is 1.21. The van der Waals surface area contributed by atoms with Crippen LogP contribution in [0.4, 0.5) is 5.69 Å². The summed E-state index contributed by atoms with van der Waals surface area (Å²) in [4.78, 5) is 12.1. The minimum Gasteiger partial charge on any atom is -0.482 e. The number of halogens is 3. The number of sulfonamides is 1. The lowest BCUT2D eigenvalue weighted by atomic mass is 10.1. The minimum atomic E-state index is -3.82. The summed E-state index contributed by atoms with van der Waals surface area (Å²) in [6, 6.07) is 17.4. The summed E-state index contributed by atoms with van der Waals surface area (Å²) >= 11 is 18.0. The van der Waals surface area contributed by atoms with Gasteiger partial charge in [-0.05, 0) is 48.9 Å². The van der Waals surface area contributed by atoms with E-state index in [1.807, 2.05) is 30.3 Å². The molecule has 3 aromatic carbocycles. The van der Waals surface area contributed by atoms with Gasteiger partial charge in [0, 0.05) is 11.1 Å². The second kappa shape index (κ2) is 10.6. The number of anilines is 1. The Bertz CT molecular complexity index is 1220. The van der Waals surface area contributed by atoms with Crippen molar-refractivity contribution in [1.29, 1.82) is 0 Å². The lowest BCUT2D eigenvalue weighted by Gasteiger charge is -2.15. The smallest absolute Gasteiger partial charge is 0.262 e. The molecule has 3 aromatic rings. The number of carbonyl (C=O) groups is 1. The monoisotopic (exact) mass is 512 g/mol. The van der Waals surface area contributed by atoms with Gasteiger partial charge in [0.1, 0.15) is 5.75 Å². The number of benzene rings is 3. The van der Waals surface area contributed by atoms with Crippen molar-refractivity contribution >= 4 is 56.4 Å². The second-order valence-corrected chi connectivity index (χ2v) is 9.77. The molecule has 0 heterocycles. The Kier molecular flexibility index (Phi) is 8.03. The van der Waals surface area contributed by atoms with Crippen molar-refractivity contribution in [1.82, 2.24) is 4.72 Å². The van der Waals surface area contributed by atoms with Gasteiger partial charge < -0.3 is 10.1 Å². The van der Waals surface area contributed by atoms with E-state index in [1.54, 1.807) is 19.1 Å². The van der Waals surface area contributed by atoms with Crippen molar-refractivity contribution in [3.63, 3.8) is 0 Å². The molecule has 2 N–H and O–H groups in total. The molecule has 10 heteroatoms. The van der Waals surface area contributed by atoms with Crippen LogP contribution in [-0.4, -0.2) is 20.9 Å². The zero-order chi connectivity index (χ0) is 23.3. The molecule has 32 heavy (non-hydrogen) atoms. The van der Waals surface area contributed by atoms with Crippen molar-refractivity contribution in [3.8, 4) is 5.75 Å². The van der Waals surface area contributed by atoms with Crippen LogP contribution in [0, 0.1) is 0 Å². The molecule has 0 aromatic heterocycles. The molecule has 0 radical (unpaired) electrons. The summed E-state index contributed by atoms with van der Waals surface area (Å²) in [6.45, 7) is 1.39. The zero-order valence-corrected chi connectivity index (χ0v) is 19.9. The lowest BCUT2D eigenvalue weighted by Crippen LogP contribution is -2.27. The highest BCUT2D eigenvalue weighted by atomic mass is 35.5. The lowest BCUT2D eigenvalue weighted by molar-refractivity contribution is -0.118. The highest BCUT2D eigenvalue weighted by molar-refractivity contribution is 7.89. The van der Waals surface area contributed by atoms with Crippen LogP contribution in [0.3, 0.4) is 0 Å². The summed E-state index contributed by atoms with van der Waals surface area (Å²) < 4.78 is 33.4. The number of nitrogens with one attached hydrogen (secondary N) is 2. The van der Waals surface area contributed by atoms with Gasteiger partial charge in [-0.2, -0.15) is 0 Å². The molecule has 1 amide bonds. The van der Waals surface area contributed by atoms with Gasteiger partial charge in [-0.15, -0.1) is 0 Å². The molecule has 0 saturated heterocycles. The van der Waals surface area contributed by atoms with Crippen molar-refractivity contribution < 1.29 is 17.9 Å². The third-order valence-electron chi connectivity index (χ3n) is 4.41. The van der Waals surface area contributed by atoms with Gasteiger partial charge in [0.05, 0.1) is 20.6 Å². The van der Waals surface area contributed by atoms with Crippen LogP contribution in [-0.2, 0) is 14.8 Å². The van der Waals surface area contributed by atoms with E-state index < -0.39 is 22.0 Å². The van der Waals surface area contributed by atoms with Gasteiger partial charge in [0.2, 0.25) is 10.0 Å². The third-order valence-corrected chi connectivity index (χ3v) is 6.79. The number of hydrogen-bond donors (Lipinski definition) is 2. The van der Waals surface area contributed by atoms with Crippen LogP contribution >= 0.6 is 34.8 Å². The maximum atomic E-state index is 12.7. The predicted octanol–water partition coefficient (Wildman–Crippen LogP) is 5.70. The van der Waals surface area contributed by atoms with Crippen LogP contribution < -0.4 is 14.8 Å². The fourth-order valence-electron chi connectivity index (χ4n) is 2.80. The van der Waals surface area contributed by atoms with Gasteiger partial charge in [0.25, 0.3) is 5.91 Å². The fourth-order valence-corrected chi connectivity index (χ4v) is 4.81. The standard InChI is InChI=1S/C22H19Cl3N2O4S/c1-14(15-5-3-2-4-6-15)27-32(29,30)17-8-10-21(19(25)12-17)31-13-22(28)26-20-9-7-16(23)11-18(20)24/h2-12,14,27H,13H2,1H3,(H,26,28)/t14-/m0/s1. The molecule has 0 spiro atoms. The van der Waals surface area contributed by atoms with Crippen LogP contribution in [0.15, 0.2) is 71.6 Å². The number of ether oxygens (including phenoxy) is 1. The number of carbonyl (C=O) groups excluding carboxylic acids is 1. The summed E-state index contributed by atoms with van der Waals surface area (Å²) in [7, 11) is -3.82. The first kappa shape index (κ1) is 24.4. The summed E-state index contributed by atoms with van der Waals surface area (Å²) in [6.07, 6.45) is 0. The van der Waals surface area contributed by atoms with Gasteiger partial charge in [-0.25, -0.2) is 13.1 Å². The van der Waals surface area contributed by atoms with Crippen molar-refractivity contribution in [3.05, 3.63) is 87.4 Å². The van der Waals surface area contributed by atoms with E-state index in [0.717, 1.165) is 5.56 Å². The SMILES string of the molecule is C[C@H](NS(=O)(=O)c1ccc(OCC(=O)Nc2ccc(Cl)cc2Cl)c(Cl)c1)c1ccccc1. The van der Waals surface area contributed by atoms with Crippen molar-refractivity contribution in [2.75, 3.05) is 11.9 Å². The third kappa shape index (κ3) is 6.37. The topological polar surface area (TPSA) is 84.5 Å². The number of amides is 1. The molecule has 0 aliphatic rings. The van der Waals surface area contributed by atoms with E-state index in [9.17, 15) is 13.2 Å². The van der Waals surface area contributed by atoms with E-state index in [0.29, 0.717) is 10.7 Å². The van der Waals surface area contributed by atoms with Gasteiger partial charge >= 0.3 is 0 Å². The Balaban J connectivity index is 1.63. The Labute approximate surface area is 201 Å². The van der Waals surface area contributed by atoms with Gasteiger partial charge in [0.15, 0.2) is 6.61 Å². The molecule has 0 bridgehead atoms. The highest BCUT2D eigenvalue weighted by Crippen LogP contribution is 2.29. The molecular weight excluding hydrogens is 495 g/mol. The maximum absolute atomic E-state index is 12.7. The first-order valence-corrected chi connectivity index (χ1v) is 12.0. The molecule has 0 unspecified atom stereocenters. The first-order chi connectivity index (χ1) is 15.2. The van der Waals surface area contributed by atoms with E-state index >= 15 is 0 Å². The highest BCUT2D eigenvalue weighted by Gasteiger charge is 2.20. The molecule has 6 nitrogen and oxygen atoms in total. The molecular formula is C22H19Cl3N2O4S. The second-order valence-electron chi connectivity index (χ2n) is 6.81. The summed E-state index contributed by atoms with van der Waals surface area (Å²) in [5, 5.41) is 3.38. The average molecular weight is 514 g/mol. The maximum Gasteiger partial charge on any atom is 0.262 e. The van der Waals surface area contributed by atoms with E-state index in [4.69, 9.17) is 39.5 Å². The Morgan fingerprint density at radius 3 is 2.34 bits per heavy atom. The average Bonchev–Trinajstić information content (AvgIpc) is 2.75. The molecule has 0 aliphatic carbocycles. The van der Waals surface area contributed by atoms with Gasteiger partial charge in [-0.1, -0.05) is 65.1 Å². The molecule has 168 valence electrons. The predicted molar refractivity (Wildman–Crippen MR) is 127 cm³/mol. The van der Waals surface area contributed by atoms with Crippen LogP contribution in [0.1, 0.15) is 18.5 Å². The van der Waals surface area contributed by atoms with Crippen LogP contribution in [0.25, 0.3) is 0 Å². The largest absolute Gasteiger partial charge is 0.482 e. The Morgan fingerprint density at radius 1 is 0.969 bits per heavy atom. The van der Waals surface area contributed by atoms with E-state index in [2.05, 4.69) is 10.0 Å². The molecule has 1 atom stereocenters. The molecule has 0 saturated carbocycles. The Morgan fingerprint density at radius 2 is 1.69 bits per heavy atom. The van der Waals surface area contributed by atoms with Gasteiger partial charge in [-0.3, -0.25) is 4.79 Å². The minimum absolute atomic E-state index is 0.0185. The normalized spacial score (nSPS) is 12.2. The number of rotatable bonds is 8. The molecule has 0 fully saturated rings. The Hall–Kier alpha value is -2.29. The molecule has 3 rings (SSSR count). The van der Waals surface area contributed by atoms with Crippen LogP contribution in [0.2, 0.25) is 15.1 Å². The zero-order valence-electron chi connectivity index (χ0n) is 16.8. The quantitative estimate of drug-likeness (QED) is 0.404. The van der Waals surface area contributed by atoms with E-state index in [-0.39, 0.29) is 27.3 Å². The van der Waals surface area contributed by atoms with Crippen LogP contribution in [0.5, 0.6) is 5.75 Å². The van der Waals surface area contributed by atoms with E-state index in [1.165, 1.54) is 24.3 Å². The molecule has 0 aliphatic heterocycles. The summed E-state index contributed by atoms with van der Waals surface area (Å²) in [5.74, 6) is -0.306. The van der Waals surface area contributed by atoms with Crippen molar-refractivity contribution in [2.24, 2.45) is 0 Å². The number of hydrogen-bond acceptors (Lipinski definition) is 4. The van der Waals surface area contributed by atoms with Crippen molar-refractivity contribution in [2.45, 2.75) is 17.9 Å². The fraction of sp³-hybridized carbons (Fsp3) is 0.136.